The zero-order valence-corrected chi connectivity index (χ0v) is 15.5. The lowest BCUT2D eigenvalue weighted by atomic mass is 9.92. The summed E-state index contributed by atoms with van der Waals surface area (Å²) in [5.74, 6) is 2.62. The van der Waals surface area contributed by atoms with Crippen LogP contribution in [0.5, 0.6) is 0 Å². The minimum atomic E-state index is 0.0669. The molecule has 0 amide bonds. The van der Waals surface area contributed by atoms with Crippen molar-refractivity contribution < 1.29 is 0 Å². The zero-order chi connectivity index (χ0) is 17.4. The van der Waals surface area contributed by atoms with E-state index in [0.717, 1.165) is 49.5 Å². The first-order chi connectivity index (χ1) is 12.0. The van der Waals surface area contributed by atoms with Gasteiger partial charge in [-0.1, -0.05) is 20.8 Å². The lowest BCUT2D eigenvalue weighted by Gasteiger charge is -2.24. The van der Waals surface area contributed by atoms with E-state index in [0.29, 0.717) is 0 Å². The monoisotopic (exact) mass is 340 g/mol. The molecule has 134 valence electrons. The molecule has 0 spiro atoms. The fraction of sp³-hybridized carbons (Fsp3) is 0.632. The van der Waals surface area contributed by atoms with Crippen LogP contribution in [0.4, 0.5) is 5.82 Å². The SMILES string of the molecule is CC(C)(C)c1cc(N2CC3CN(CCn4ccnc4)CC3C2)ncn1. The van der Waals surface area contributed by atoms with E-state index in [1.54, 1.807) is 6.33 Å². The van der Waals surface area contributed by atoms with Gasteiger partial charge in [-0.3, -0.25) is 0 Å². The van der Waals surface area contributed by atoms with E-state index in [1.807, 2.05) is 18.7 Å². The standard InChI is InChI=1S/C19H28N6/c1-19(2,3)17-8-18(22-13-21-17)25-11-15-9-24(10-16(15)12-25)7-6-23-5-4-20-14-23/h4-5,8,13-16H,6-7,9-12H2,1-3H3. The Morgan fingerprint density at radius 2 is 1.80 bits per heavy atom. The van der Waals surface area contributed by atoms with Crippen LogP contribution in [0.3, 0.4) is 0 Å². The second-order valence-electron chi connectivity index (χ2n) is 8.50. The van der Waals surface area contributed by atoms with E-state index >= 15 is 0 Å². The van der Waals surface area contributed by atoms with Gasteiger partial charge in [0.1, 0.15) is 12.1 Å². The molecule has 2 aromatic rings. The predicted molar refractivity (Wildman–Crippen MR) is 98.6 cm³/mol. The van der Waals surface area contributed by atoms with Gasteiger partial charge in [-0.25, -0.2) is 15.0 Å². The topological polar surface area (TPSA) is 50.1 Å². The second-order valence-corrected chi connectivity index (χ2v) is 8.50. The van der Waals surface area contributed by atoms with Crippen molar-refractivity contribution in [3.63, 3.8) is 0 Å². The Labute approximate surface area is 149 Å². The Balaban J connectivity index is 1.35. The van der Waals surface area contributed by atoms with Crippen molar-refractivity contribution in [3.05, 3.63) is 36.8 Å². The van der Waals surface area contributed by atoms with E-state index in [4.69, 9.17) is 0 Å². The number of hydrogen-bond donors (Lipinski definition) is 0. The number of likely N-dealkylation sites (tertiary alicyclic amines) is 1. The summed E-state index contributed by atoms with van der Waals surface area (Å²) in [5.41, 5.74) is 1.19. The van der Waals surface area contributed by atoms with Gasteiger partial charge in [-0.15, -0.1) is 0 Å². The number of aromatic nitrogens is 4. The maximum absolute atomic E-state index is 4.54. The highest BCUT2D eigenvalue weighted by atomic mass is 15.3. The van der Waals surface area contributed by atoms with Gasteiger partial charge in [0.05, 0.1) is 12.0 Å². The molecule has 0 saturated carbocycles. The molecule has 6 nitrogen and oxygen atoms in total. The van der Waals surface area contributed by atoms with Crippen molar-refractivity contribution in [3.8, 4) is 0 Å². The molecule has 2 saturated heterocycles. The van der Waals surface area contributed by atoms with Crippen molar-refractivity contribution in [2.45, 2.75) is 32.7 Å². The third-order valence-electron chi connectivity index (χ3n) is 5.54. The lowest BCUT2D eigenvalue weighted by Crippen LogP contribution is -2.31. The van der Waals surface area contributed by atoms with E-state index in [9.17, 15) is 0 Å². The van der Waals surface area contributed by atoms with Crippen LogP contribution in [0, 0.1) is 11.8 Å². The molecular weight excluding hydrogens is 312 g/mol. The predicted octanol–water partition coefficient (Wildman–Crippen LogP) is 2.04. The lowest BCUT2D eigenvalue weighted by molar-refractivity contribution is 0.302. The molecule has 2 atom stereocenters. The van der Waals surface area contributed by atoms with Crippen molar-refractivity contribution in [1.82, 2.24) is 24.4 Å². The van der Waals surface area contributed by atoms with Gasteiger partial charge in [-0.2, -0.15) is 0 Å². The van der Waals surface area contributed by atoms with Gasteiger partial charge in [0.15, 0.2) is 0 Å². The van der Waals surface area contributed by atoms with Gasteiger partial charge in [0.25, 0.3) is 0 Å². The number of rotatable bonds is 4. The smallest absolute Gasteiger partial charge is 0.132 e. The molecule has 0 aliphatic carbocycles. The van der Waals surface area contributed by atoms with Gasteiger partial charge in [0, 0.05) is 63.1 Å². The minimum Gasteiger partial charge on any atom is -0.356 e. The van der Waals surface area contributed by atoms with Crippen molar-refractivity contribution >= 4 is 5.82 Å². The molecule has 2 fully saturated rings. The van der Waals surface area contributed by atoms with Crippen LogP contribution >= 0.6 is 0 Å². The molecule has 0 aromatic carbocycles. The largest absolute Gasteiger partial charge is 0.356 e. The summed E-state index contributed by atoms with van der Waals surface area (Å²) in [7, 11) is 0. The van der Waals surface area contributed by atoms with Gasteiger partial charge in [-0.05, 0) is 11.8 Å². The molecule has 0 radical (unpaired) electrons. The molecule has 6 heteroatoms. The molecule has 2 aromatic heterocycles. The maximum Gasteiger partial charge on any atom is 0.132 e. The van der Waals surface area contributed by atoms with Gasteiger partial charge in [0.2, 0.25) is 0 Å². The van der Waals surface area contributed by atoms with E-state index in [1.165, 1.54) is 13.1 Å². The Morgan fingerprint density at radius 3 is 2.44 bits per heavy atom. The van der Waals surface area contributed by atoms with Crippen LogP contribution in [0.1, 0.15) is 26.5 Å². The Bertz CT molecular complexity index is 691. The quantitative estimate of drug-likeness (QED) is 0.852. The highest BCUT2D eigenvalue weighted by Crippen LogP contribution is 2.34. The first-order valence-electron chi connectivity index (χ1n) is 9.24. The van der Waals surface area contributed by atoms with Crippen LogP contribution in [-0.4, -0.2) is 57.1 Å². The van der Waals surface area contributed by atoms with Crippen LogP contribution in [0.25, 0.3) is 0 Å². The number of nitrogens with zero attached hydrogens (tertiary/aromatic N) is 6. The fourth-order valence-electron chi connectivity index (χ4n) is 4.07. The average Bonchev–Trinajstić information content (AvgIpc) is 3.28. The van der Waals surface area contributed by atoms with Crippen LogP contribution in [-0.2, 0) is 12.0 Å². The van der Waals surface area contributed by atoms with Crippen LogP contribution in [0.15, 0.2) is 31.1 Å². The van der Waals surface area contributed by atoms with E-state index in [2.05, 4.69) is 56.2 Å². The summed E-state index contributed by atoms with van der Waals surface area (Å²) in [5, 5.41) is 0. The molecule has 2 aliphatic rings. The molecule has 2 aliphatic heterocycles. The number of hydrogen-bond acceptors (Lipinski definition) is 5. The minimum absolute atomic E-state index is 0.0669. The first kappa shape index (κ1) is 16.5. The van der Waals surface area contributed by atoms with Crippen LogP contribution in [0.2, 0.25) is 0 Å². The highest BCUT2D eigenvalue weighted by molar-refractivity contribution is 5.42. The molecule has 0 N–H and O–H groups in total. The van der Waals surface area contributed by atoms with E-state index < -0.39 is 0 Å². The first-order valence-corrected chi connectivity index (χ1v) is 9.24. The Morgan fingerprint density at radius 1 is 1.04 bits per heavy atom. The third-order valence-corrected chi connectivity index (χ3v) is 5.54. The molecule has 4 heterocycles. The van der Waals surface area contributed by atoms with Crippen molar-refractivity contribution in [2.75, 3.05) is 37.6 Å². The third kappa shape index (κ3) is 3.54. The summed E-state index contributed by atoms with van der Waals surface area (Å²) >= 11 is 0. The average molecular weight is 340 g/mol. The molecular formula is C19H28N6. The van der Waals surface area contributed by atoms with Crippen molar-refractivity contribution in [2.24, 2.45) is 11.8 Å². The maximum atomic E-state index is 4.54. The van der Waals surface area contributed by atoms with Gasteiger partial charge < -0.3 is 14.4 Å². The summed E-state index contributed by atoms with van der Waals surface area (Å²) in [6.07, 6.45) is 7.52. The van der Waals surface area contributed by atoms with Crippen molar-refractivity contribution in [1.29, 1.82) is 0 Å². The highest BCUT2D eigenvalue weighted by Gasteiger charge is 2.40. The Kier molecular flexibility index (Phi) is 4.23. The fourth-order valence-corrected chi connectivity index (χ4v) is 4.07. The molecule has 25 heavy (non-hydrogen) atoms. The zero-order valence-electron chi connectivity index (χ0n) is 15.5. The summed E-state index contributed by atoms with van der Waals surface area (Å²) in [6.45, 7) is 13.4. The van der Waals surface area contributed by atoms with Gasteiger partial charge >= 0.3 is 0 Å². The normalized spacial score (nSPS) is 24.0. The summed E-state index contributed by atoms with van der Waals surface area (Å²) in [6, 6.07) is 2.18. The number of imidazole rings is 1. The second kappa shape index (κ2) is 6.41. The number of fused-ring (bicyclic) bond motifs is 1. The molecule has 4 rings (SSSR count). The van der Waals surface area contributed by atoms with Crippen LogP contribution < -0.4 is 4.90 Å². The molecule has 0 bridgehead atoms. The Hall–Kier alpha value is -1.95. The van der Waals surface area contributed by atoms with E-state index in [-0.39, 0.29) is 5.41 Å². The molecule has 2 unspecified atom stereocenters. The summed E-state index contributed by atoms with van der Waals surface area (Å²) in [4.78, 5) is 18.2. The summed E-state index contributed by atoms with van der Waals surface area (Å²) < 4.78 is 2.16. The number of anilines is 1.